The van der Waals surface area contributed by atoms with Gasteiger partial charge in [-0.1, -0.05) is 11.6 Å². The van der Waals surface area contributed by atoms with Gasteiger partial charge in [-0.25, -0.2) is 0 Å². The zero-order valence-electron chi connectivity index (χ0n) is 12.2. The van der Waals surface area contributed by atoms with Gasteiger partial charge in [0.05, 0.1) is 4.34 Å². The molecule has 1 aliphatic heterocycles. The standard InChI is InChI=1S/C15H25ClN2S/c1-11(2)18-9-4-5-13(8-10-18)17-12(3)14-6-7-15(16)19-14/h6-7,11-13,17H,4-5,8-10H2,1-3H3. The van der Waals surface area contributed by atoms with Crippen LogP contribution in [0, 0.1) is 0 Å². The van der Waals surface area contributed by atoms with Crippen LogP contribution in [0.25, 0.3) is 0 Å². The van der Waals surface area contributed by atoms with Crippen molar-refractivity contribution in [3.63, 3.8) is 0 Å². The normalized spacial score (nSPS) is 23.5. The van der Waals surface area contributed by atoms with E-state index in [4.69, 9.17) is 11.6 Å². The highest BCUT2D eigenvalue weighted by molar-refractivity contribution is 7.16. The third kappa shape index (κ3) is 4.45. The minimum Gasteiger partial charge on any atom is -0.307 e. The molecule has 0 bridgehead atoms. The highest BCUT2D eigenvalue weighted by Crippen LogP contribution is 2.27. The summed E-state index contributed by atoms with van der Waals surface area (Å²) in [5.74, 6) is 0. The molecule has 1 saturated heterocycles. The summed E-state index contributed by atoms with van der Waals surface area (Å²) in [5, 5.41) is 3.77. The molecule has 0 amide bonds. The topological polar surface area (TPSA) is 15.3 Å². The van der Waals surface area contributed by atoms with E-state index < -0.39 is 0 Å². The van der Waals surface area contributed by atoms with E-state index in [1.807, 2.05) is 6.07 Å². The van der Waals surface area contributed by atoms with Gasteiger partial charge in [-0.2, -0.15) is 0 Å². The molecule has 1 fully saturated rings. The van der Waals surface area contributed by atoms with Crippen LogP contribution in [0.4, 0.5) is 0 Å². The van der Waals surface area contributed by atoms with Gasteiger partial charge in [-0.05, 0) is 65.3 Å². The first kappa shape index (κ1) is 15.3. The maximum absolute atomic E-state index is 6.01. The minimum atomic E-state index is 0.410. The second kappa shape index (κ2) is 7.07. The van der Waals surface area contributed by atoms with E-state index in [0.29, 0.717) is 18.1 Å². The Labute approximate surface area is 126 Å². The Bertz CT molecular complexity index is 391. The lowest BCUT2D eigenvalue weighted by Crippen LogP contribution is -2.34. The molecule has 2 nitrogen and oxygen atoms in total. The van der Waals surface area contributed by atoms with Crippen LogP contribution in [0.2, 0.25) is 4.34 Å². The summed E-state index contributed by atoms with van der Waals surface area (Å²) < 4.78 is 0.885. The summed E-state index contributed by atoms with van der Waals surface area (Å²) in [6.45, 7) is 9.30. The average Bonchev–Trinajstić information content (AvgIpc) is 2.65. The molecule has 1 N–H and O–H groups in total. The maximum Gasteiger partial charge on any atom is 0.0931 e. The molecule has 2 rings (SSSR count). The smallest absolute Gasteiger partial charge is 0.0931 e. The lowest BCUT2D eigenvalue weighted by atomic mass is 10.1. The highest BCUT2D eigenvalue weighted by atomic mass is 35.5. The van der Waals surface area contributed by atoms with Gasteiger partial charge >= 0.3 is 0 Å². The molecule has 2 unspecified atom stereocenters. The Balaban J connectivity index is 1.86. The van der Waals surface area contributed by atoms with Crippen molar-refractivity contribution in [2.24, 2.45) is 0 Å². The van der Waals surface area contributed by atoms with E-state index in [-0.39, 0.29) is 0 Å². The van der Waals surface area contributed by atoms with Gasteiger partial charge in [-0.15, -0.1) is 11.3 Å². The molecule has 1 aliphatic rings. The molecular weight excluding hydrogens is 276 g/mol. The highest BCUT2D eigenvalue weighted by Gasteiger charge is 2.20. The fraction of sp³-hybridized carbons (Fsp3) is 0.733. The number of hydrogen-bond acceptors (Lipinski definition) is 3. The number of halogens is 1. The molecule has 0 aromatic carbocycles. The van der Waals surface area contributed by atoms with Crippen LogP contribution in [-0.2, 0) is 0 Å². The monoisotopic (exact) mass is 300 g/mol. The second-order valence-electron chi connectivity index (χ2n) is 5.79. The predicted molar refractivity (Wildman–Crippen MR) is 85.2 cm³/mol. The molecule has 0 spiro atoms. The number of nitrogens with one attached hydrogen (secondary N) is 1. The van der Waals surface area contributed by atoms with Gasteiger partial charge < -0.3 is 10.2 Å². The molecule has 2 heterocycles. The van der Waals surface area contributed by atoms with Crippen molar-refractivity contribution in [2.45, 2.75) is 58.2 Å². The molecule has 0 radical (unpaired) electrons. The minimum absolute atomic E-state index is 0.410. The number of rotatable bonds is 4. The summed E-state index contributed by atoms with van der Waals surface area (Å²) in [5.41, 5.74) is 0. The van der Waals surface area contributed by atoms with Gasteiger partial charge in [0.2, 0.25) is 0 Å². The van der Waals surface area contributed by atoms with Crippen molar-refractivity contribution in [2.75, 3.05) is 13.1 Å². The van der Waals surface area contributed by atoms with Crippen molar-refractivity contribution in [1.82, 2.24) is 10.2 Å². The van der Waals surface area contributed by atoms with Crippen LogP contribution in [-0.4, -0.2) is 30.1 Å². The first-order valence-corrected chi connectivity index (χ1v) is 8.51. The third-order valence-corrected chi connectivity index (χ3v) is 5.41. The summed E-state index contributed by atoms with van der Waals surface area (Å²) in [4.78, 5) is 3.93. The molecule has 1 aromatic heterocycles. The summed E-state index contributed by atoms with van der Waals surface area (Å²) in [6, 6.07) is 5.86. The van der Waals surface area contributed by atoms with Gasteiger partial charge in [0.25, 0.3) is 0 Å². The zero-order chi connectivity index (χ0) is 13.8. The zero-order valence-corrected chi connectivity index (χ0v) is 13.7. The number of thiophene rings is 1. The van der Waals surface area contributed by atoms with Crippen molar-refractivity contribution >= 4 is 22.9 Å². The first-order chi connectivity index (χ1) is 9.06. The molecule has 19 heavy (non-hydrogen) atoms. The van der Waals surface area contributed by atoms with Crippen molar-refractivity contribution in [3.05, 3.63) is 21.3 Å². The molecule has 0 saturated carbocycles. The Morgan fingerprint density at radius 2 is 2.05 bits per heavy atom. The van der Waals surface area contributed by atoms with E-state index in [9.17, 15) is 0 Å². The Morgan fingerprint density at radius 1 is 1.26 bits per heavy atom. The largest absolute Gasteiger partial charge is 0.307 e. The van der Waals surface area contributed by atoms with Crippen LogP contribution in [0.15, 0.2) is 12.1 Å². The maximum atomic E-state index is 6.01. The fourth-order valence-electron chi connectivity index (χ4n) is 2.80. The lowest BCUT2D eigenvalue weighted by molar-refractivity contribution is 0.228. The number of hydrogen-bond donors (Lipinski definition) is 1. The van der Waals surface area contributed by atoms with E-state index >= 15 is 0 Å². The SMILES string of the molecule is CC(NC1CCCN(C(C)C)CC1)c1ccc(Cl)s1. The molecule has 108 valence electrons. The summed E-state index contributed by atoms with van der Waals surface area (Å²) in [6.07, 6.45) is 3.84. The van der Waals surface area contributed by atoms with Crippen molar-refractivity contribution < 1.29 is 0 Å². The molecule has 0 aliphatic carbocycles. The van der Waals surface area contributed by atoms with Crippen molar-refractivity contribution in [3.8, 4) is 0 Å². The van der Waals surface area contributed by atoms with Gasteiger partial charge in [-0.3, -0.25) is 0 Å². The van der Waals surface area contributed by atoms with Crippen molar-refractivity contribution in [1.29, 1.82) is 0 Å². The van der Waals surface area contributed by atoms with Crippen LogP contribution in [0.5, 0.6) is 0 Å². The summed E-state index contributed by atoms with van der Waals surface area (Å²) >= 11 is 7.70. The Kier molecular flexibility index (Phi) is 5.70. The van der Waals surface area contributed by atoms with Gasteiger partial charge in [0, 0.05) is 23.0 Å². The number of likely N-dealkylation sites (tertiary alicyclic amines) is 1. The lowest BCUT2D eigenvalue weighted by Gasteiger charge is -2.25. The van der Waals surface area contributed by atoms with Crippen LogP contribution in [0.1, 0.15) is 51.0 Å². The second-order valence-corrected chi connectivity index (χ2v) is 7.53. The quantitative estimate of drug-likeness (QED) is 0.891. The van der Waals surface area contributed by atoms with Gasteiger partial charge in [0.1, 0.15) is 0 Å². The molecule has 4 heteroatoms. The molecule has 1 aromatic rings. The van der Waals surface area contributed by atoms with Crippen LogP contribution >= 0.6 is 22.9 Å². The average molecular weight is 301 g/mol. The predicted octanol–water partition coefficient (Wildman–Crippen LogP) is 4.32. The van der Waals surface area contributed by atoms with E-state index in [0.717, 1.165) is 4.34 Å². The fourth-order valence-corrected chi connectivity index (χ4v) is 3.87. The molecule has 2 atom stereocenters. The van der Waals surface area contributed by atoms with E-state index in [1.165, 1.54) is 37.2 Å². The Hall–Kier alpha value is -0.0900. The molecular formula is C15H25ClN2S. The van der Waals surface area contributed by atoms with Gasteiger partial charge in [0.15, 0.2) is 0 Å². The third-order valence-electron chi connectivity index (χ3n) is 4.00. The first-order valence-electron chi connectivity index (χ1n) is 7.31. The summed E-state index contributed by atoms with van der Waals surface area (Å²) in [7, 11) is 0. The van der Waals surface area contributed by atoms with Crippen LogP contribution in [0.3, 0.4) is 0 Å². The van der Waals surface area contributed by atoms with Crippen LogP contribution < -0.4 is 5.32 Å². The number of nitrogens with zero attached hydrogens (tertiary/aromatic N) is 1. The van der Waals surface area contributed by atoms with E-state index in [1.54, 1.807) is 11.3 Å². The van der Waals surface area contributed by atoms with E-state index in [2.05, 4.69) is 37.1 Å². The Morgan fingerprint density at radius 3 is 2.68 bits per heavy atom.